The number of rotatable bonds is 4. The average Bonchev–Trinajstić information content (AvgIpc) is 2.29. The zero-order valence-electron chi connectivity index (χ0n) is 12.2. The van der Waals surface area contributed by atoms with E-state index in [2.05, 4.69) is 0 Å². The van der Waals surface area contributed by atoms with Gasteiger partial charge >= 0.3 is 5.97 Å². The van der Waals surface area contributed by atoms with Gasteiger partial charge in [0.25, 0.3) is 0 Å². The molecule has 20 heavy (non-hydrogen) atoms. The van der Waals surface area contributed by atoms with Crippen LogP contribution >= 0.6 is 11.6 Å². The van der Waals surface area contributed by atoms with Gasteiger partial charge in [-0.05, 0) is 17.0 Å². The van der Waals surface area contributed by atoms with Crippen LogP contribution in [0.4, 0.5) is 0 Å². The first kappa shape index (κ1) is 16.5. The molecule has 1 aromatic rings. The summed E-state index contributed by atoms with van der Waals surface area (Å²) in [6, 6.07) is 7.20. The first-order valence-electron chi connectivity index (χ1n) is 6.35. The summed E-state index contributed by atoms with van der Waals surface area (Å²) >= 11 is 6.05. The van der Waals surface area contributed by atoms with Crippen molar-refractivity contribution in [1.82, 2.24) is 4.90 Å². The summed E-state index contributed by atoms with van der Waals surface area (Å²) < 4.78 is 0. The van der Waals surface area contributed by atoms with E-state index < -0.39 is 23.2 Å². The number of hydrogen-bond acceptors (Lipinski definition) is 2. The monoisotopic (exact) mass is 297 g/mol. The lowest BCUT2D eigenvalue weighted by Gasteiger charge is -2.30. The molecule has 5 heteroatoms. The molecule has 0 aliphatic heterocycles. The minimum Gasteiger partial charge on any atom is -0.481 e. The lowest BCUT2D eigenvalue weighted by Crippen LogP contribution is -2.43. The highest BCUT2D eigenvalue weighted by molar-refractivity contribution is 6.31. The fraction of sp³-hybridized carbons (Fsp3) is 0.467. The average molecular weight is 298 g/mol. The number of carbonyl (C=O) groups is 2. The van der Waals surface area contributed by atoms with Gasteiger partial charge in [0.2, 0.25) is 5.91 Å². The van der Waals surface area contributed by atoms with Gasteiger partial charge in [-0.2, -0.15) is 0 Å². The molecule has 0 aliphatic carbocycles. The lowest BCUT2D eigenvalue weighted by molar-refractivity contribution is -0.155. The Morgan fingerprint density at radius 2 is 1.85 bits per heavy atom. The number of carbonyl (C=O) groups excluding carboxylic acids is 1. The quantitative estimate of drug-likeness (QED) is 0.869. The molecular weight excluding hydrogens is 278 g/mol. The lowest BCUT2D eigenvalue weighted by atomic mass is 9.80. The molecule has 1 rings (SSSR count). The maximum atomic E-state index is 12.3. The molecule has 1 N–H and O–H groups in total. The zero-order chi connectivity index (χ0) is 15.5. The van der Waals surface area contributed by atoms with Crippen molar-refractivity contribution in [1.29, 1.82) is 0 Å². The second-order valence-corrected chi connectivity index (χ2v) is 6.33. The molecule has 110 valence electrons. The van der Waals surface area contributed by atoms with Gasteiger partial charge in [0.1, 0.15) is 5.92 Å². The third-order valence-electron chi connectivity index (χ3n) is 3.10. The molecule has 0 aromatic heterocycles. The van der Waals surface area contributed by atoms with Gasteiger partial charge in [-0.1, -0.05) is 50.6 Å². The molecule has 1 unspecified atom stereocenters. The number of halogens is 1. The topological polar surface area (TPSA) is 57.6 Å². The number of carboxylic acid groups (broad SMARTS) is 1. The van der Waals surface area contributed by atoms with E-state index in [9.17, 15) is 14.7 Å². The van der Waals surface area contributed by atoms with Crippen molar-refractivity contribution in [3.8, 4) is 0 Å². The normalized spacial score (nSPS) is 12.8. The summed E-state index contributed by atoms with van der Waals surface area (Å²) in [6.45, 7) is 5.52. The smallest absolute Gasteiger partial charge is 0.316 e. The predicted molar refractivity (Wildman–Crippen MR) is 78.5 cm³/mol. The summed E-state index contributed by atoms with van der Waals surface area (Å²) in [5.74, 6) is -2.59. The molecule has 0 saturated heterocycles. The number of nitrogens with zero attached hydrogens (tertiary/aromatic N) is 1. The van der Waals surface area contributed by atoms with E-state index >= 15 is 0 Å². The Labute approximate surface area is 124 Å². The van der Waals surface area contributed by atoms with Gasteiger partial charge in [0.15, 0.2) is 0 Å². The van der Waals surface area contributed by atoms with Crippen LogP contribution in [0.2, 0.25) is 5.02 Å². The Morgan fingerprint density at radius 3 is 2.30 bits per heavy atom. The van der Waals surface area contributed by atoms with Gasteiger partial charge < -0.3 is 10.0 Å². The second kappa shape index (κ2) is 6.27. The van der Waals surface area contributed by atoms with Crippen molar-refractivity contribution in [2.45, 2.75) is 27.3 Å². The number of aliphatic carboxylic acids is 1. The molecule has 4 nitrogen and oxygen atoms in total. The Kier molecular flexibility index (Phi) is 5.17. The summed E-state index contributed by atoms with van der Waals surface area (Å²) in [5, 5.41) is 9.84. The Hall–Kier alpha value is -1.55. The van der Waals surface area contributed by atoms with E-state index in [1.165, 1.54) is 4.90 Å². The van der Waals surface area contributed by atoms with Gasteiger partial charge in [-0.15, -0.1) is 0 Å². The molecule has 0 bridgehead atoms. The fourth-order valence-corrected chi connectivity index (χ4v) is 2.22. The van der Waals surface area contributed by atoms with Crippen LogP contribution in [0.3, 0.4) is 0 Å². The summed E-state index contributed by atoms with van der Waals surface area (Å²) in [6.07, 6.45) is 0. The van der Waals surface area contributed by atoms with Crippen molar-refractivity contribution in [3.05, 3.63) is 34.9 Å². The van der Waals surface area contributed by atoms with E-state index in [-0.39, 0.29) is 0 Å². The highest BCUT2D eigenvalue weighted by atomic mass is 35.5. The van der Waals surface area contributed by atoms with E-state index in [1.807, 2.05) is 18.2 Å². The molecule has 0 heterocycles. The third-order valence-corrected chi connectivity index (χ3v) is 3.47. The van der Waals surface area contributed by atoms with E-state index in [1.54, 1.807) is 33.9 Å². The molecule has 0 saturated carbocycles. The largest absolute Gasteiger partial charge is 0.481 e. The van der Waals surface area contributed by atoms with Crippen LogP contribution in [0.25, 0.3) is 0 Å². The molecule has 0 radical (unpaired) electrons. The van der Waals surface area contributed by atoms with Crippen LogP contribution in [-0.4, -0.2) is 28.9 Å². The SMILES string of the molecule is CN(Cc1ccccc1Cl)C(=O)C(C(=O)O)C(C)(C)C. The van der Waals surface area contributed by atoms with Crippen molar-refractivity contribution in [2.75, 3.05) is 7.05 Å². The highest BCUT2D eigenvalue weighted by Gasteiger charge is 2.39. The van der Waals surface area contributed by atoms with E-state index in [0.717, 1.165) is 5.56 Å². The van der Waals surface area contributed by atoms with Gasteiger partial charge in [-0.3, -0.25) is 9.59 Å². The Balaban J connectivity index is 2.91. The van der Waals surface area contributed by atoms with Crippen molar-refractivity contribution < 1.29 is 14.7 Å². The highest BCUT2D eigenvalue weighted by Crippen LogP contribution is 2.28. The molecule has 0 spiro atoms. The van der Waals surface area contributed by atoms with Crippen LogP contribution in [-0.2, 0) is 16.1 Å². The first-order valence-corrected chi connectivity index (χ1v) is 6.73. The van der Waals surface area contributed by atoms with Gasteiger partial charge in [0, 0.05) is 18.6 Å². The minimum atomic E-state index is -1.10. The van der Waals surface area contributed by atoms with Crippen LogP contribution < -0.4 is 0 Å². The maximum absolute atomic E-state index is 12.3. The summed E-state index contributed by atoms with van der Waals surface area (Å²) in [4.78, 5) is 25.1. The molecule has 0 aliphatic rings. The van der Waals surface area contributed by atoms with Crippen molar-refractivity contribution in [3.63, 3.8) is 0 Å². The van der Waals surface area contributed by atoms with Gasteiger partial charge in [-0.25, -0.2) is 0 Å². The minimum absolute atomic E-state index is 0.290. The van der Waals surface area contributed by atoms with Gasteiger partial charge in [0.05, 0.1) is 0 Å². The molecular formula is C15H20ClNO3. The number of amides is 1. The van der Waals surface area contributed by atoms with Crippen molar-refractivity contribution >= 4 is 23.5 Å². The molecule has 0 fully saturated rings. The number of carboxylic acids is 1. The number of hydrogen-bond donors (Lipinski definition) is 1. The standard InChI is InChI=1S/C15H20ClNO3/c1-15(2,3)12(14(19)20)13(18)17(4)9-10-7-5-6-8-11(10)16/h5-8,12H,9H2,1-4H3,(H,19,20). The van der Waals surface area contributed by atoms with Crippen molar-refractivity contribution in [2.24, 2.45) is 11.3 Å². The predicted octanol–water partition coefficient (Wildman–Crippen LogP) is 3.05. The number of benzene rings is 1. The fourth-order valence-electron chi connectivity index (χ4n) is 2.03. The van der Waals surface area contributed by atoms with Crippen LogP contribution in [0, 0.1) is 11.3 Å². The Bertz CT molecular complexity index is 508. The second-order valence-electron chi connectivity index (χ2n) is 5.92. The Morgan fingerprint density at radius 1 is 1.30 bits per heavy atom. The molecule has 1 aromatic carbocycles. The van der Waals surface area contributed by atoms with E-state index in [0.29, 0.717) is 11.6 Å². The molecule has 1 atom stereocenters. The summed E-state index contributed by atoms with van der Waals surface area (Å²) in [7, 11) is 1.59. The molecule has 1 amide bonds. The van der Waals surface area contributed by atoms with Crippen LogP contribution in [0.5, 0.6) is 0 Å². The third kappa shape index (κ3) is 3.97. The van der Waals surface area contributed by atoms with Crippen LogP contribution in [0.1, 0.15) is 26.3 Å². The first-order chi connectivity index (χ1) is 9.14. The van der Waals surface area contributed by atoms with E-state index in [4.69, 9.17) is 11.6 Å². The maximum Gasteiger partial charge on any atom is 0.316 e. The summed E-state index contributed by atoms with van der Waals surface area (Å²) in [5.41, 5.74) is 0.153. The van der Waals surface area contributed by atoms with Crippen LogP contribution in [0.15, 0.2) is 24.3 Å². The zero-order valence-corrected chi connectivity index (χ0v) is 12.9.